The zero-order chi connectivity index (χ0) is 58.3. The van der Waals surface area contributed by atoms with Crippen molar-refractivity contribution in [1.82, 2.24) is 0 Å². The fourth-order valence-electron chi connectivity index (χ4n) is 7.58. The number of allylic oxidation sites excluding steroid dienone is 1. The molecule has 0 aromatic heterocycles. The first-order chi connectivity index (χ1) is 37.4. The predicted octanol–water partition coefficient (Wildman–Crippen LogP) is -5.09. The predicted molar refractivity (Wildman–Crippen MR) is 279 cm³/mol. The van der Waals surface area contributed by atoms with Crippen LogP contribution in [0.5, 0.6) is 11.5 Å². The molecule has 0 unspecified atom stereocenters. The summed E-state index contributed by atoms with van der Waals surface area (Å²) in [7, 11) is -24.8. The number of ketones is 1. The summed E-state index contributed by atoms with van der Waals surface area (Å²) in [4.78, 5) is 32.9. The summed E-state index contributed by atoms with van der Waals surface area (Å²) in [6.45, 7) is 1.48. The molecule has 0 aliphatic heterocycles. The fourth-order valence-corrected chi connectivity index (χ4v) is 10.9. The summed E-state index contributed by atoms with van der Waals surface area (Å²) < 4.78 is 184. The van der Waals surface area contributed by atoms with E-state index in [1.807, 2.05) is 0 Å². The van der Waals surface area contributed by atoms with Crippen molar-refractivity contribution in [2.24, 2.45) is 15.3 Å². The van der Waals surface area contributed by atoms with Crippen molar-refractivity contribution in [2.45, 2.75) is 26.5 Å². The van der Waals surface area contributed by atoms with Gasteiger partial charge in [0.25, 0.3) is 5.69 Å². The zero-order valence-corrected chi connectivity index (χ0v) is 56.3. The number of non-ortho nitro benzene ring substituents is 1. The third-order valence-electron chi connectivity index (χ3n) is 11.2. The van der Waals surface area contributed by atoms with Gasteiger partial charge >= 0.3 is 134 Å². The molecule has 7 aromatic carbocycles. The Bertz CT molecular complexity index is 4480. The number of Topliss-reactive ketones (excluding diaryl/α,β-unsaturated/α-hetero) is 1. The van der Waals surface area contributed by atoms with Crippen LogP contribution in [0.25, 0.3) is 16.8 Å². The van der Waals surface area contributed by atoms with Gasteiger partial charge in [-0.15, -0.1) is 5.11 Å². The molecule has 7 aromatic rings. The Morgan fingerprint density at radius 1 is 0.595 bits per heavy atom. The van der Waals surface area contributed by atoms with Crippen LogP contribution in [0.4, 0.5) is 50.3 Å². The topological polar surface area (TPSA) is 444 Å². The molecule has 37 heteroatoms. The number of nitro benzene ring substituents is 1. The smallest absolute Gasteiger partial charge is 0.744 e. The Hall–Kier alpha value is -5.06. The van der Waals surface area contributed by atoms with Crippen molar-refractivity contribution in [3.63, 3.8) is 0 Å². The van der Waals surface area contributed by atoms with Gasteiger partial charge in [-0.2, -0.15) is 18.6 Å². The minimum absolute atomic E-state index is 0. The van der Waals surface area contributed by atoms with Crippen LogP contribution in [-0.2, 0) is 50.6 Å². The second-order valence-corrected chi connectivity index (χ2v) is 23.6. The largest absolute Gasteiger partial charge is 1.00 e. The van der Waals surface area contributed by atoms with Crippen LogP contribution in [0, 0.1) is 17.0 Å². The van der Waals surface area contributed by atoms with Gasteiger partial charge in [-0.1, -0.05) is 18.2 Å². The van der Waals surface area contributed by atoms with E-state index in [0.29, 0.717) is 30.3 Å². The van der Waals surface area contributed by atoms with E-state index in [1.54, 1.807) is 0 Å². The van der Waals surface area contributed by atoms with Gasteiger partial charge in [-0.25, -0.2) is 38.5 Å². The van der Waals surface area contributed by atoms with Crippen LogP contribution in [-0.4, -0.2) is 89.9 Å². The number of azo groups is 1. The third kappa shape index (κ3) is 16.9. The van der Waals surface area contributed by atoms with Gasteiger partial charge in [-0.3, -0.25) is 20.3 Å². The van der Waals surface area contributed by atoms with Gasteiger partial charge in [0.2, 0.25) is 5.78 Å². The minimum Gasteiger partial charge on any atom is -0.744 e. The van der Waals surface area contributed by atoms with Crippen molar-refractivity contribution in [3.05, 3.63) is 159 Å². The molecule has 0 heterocycles. The number of hydrogen-bond acceptors (Lipinski definition) is 25. The number of carbonyl (C=O) groups is 2. The molecule has 0 saturated heterocycles. The maximum atomic E-state index is 13.7. The maximum absolute atomic E-state index is 13.7. The molecule has 28 nitrogen and oxygen atoms in total. The van der Waals surface area contributed by atoms with Crippen molar-refractivity contribution < 1.29 is 202 Å². The number of carbonyl (C=O) groups excluding carboxylic acids is 2. The third-order valence-corrected chi connectivity index (χ3v) is 15.8. The molecular formula is C47H32N8Na4O20S5. The second-order valence-electron chi connectivity index (χ2n) is 16.6. The number of ether oxygens (including phenoxy) is 1. The number of methoxy groups -OCH3 is 1. The molecule has 0 bridgehead atoms. The van der Waals surface area contributed by atoms with Crippen molar-refractivity contribution in [2.75, 3.05) is 28.5 Å². The van der Waals surface area contributed by atoms with E-state index >= 15 is 0 Å². The number of hydrazone groups is 1. The standard InChI is InChI=1S/C47H36N8O20S5.4Na/c1-25-16-38(40(74-2)24-37(25)52-53-39-22-33(76(60,61)62)18-27-19-34(77(63,64)65)23-41(44(27)39)75-80(72,73)32-6-4-3-5-7-32)50-47(57)49-30-12-14-35-26(17-30)20-43(79(69,70)71)45(46(35)56)54-51-29-10-8-28(9-11-29)48-36-15-13-31(55(58)59)21-42(36)78(66,67)68;;;;/h3-24,48,51H,1-2H3,(H2,49,50,57)(H,60,61,62)(H,63,64,65)(H,66,67,68)(H,69,70,71);;;;/q;4*+1/p-4. The number of fused-ring (bicyclic) bond motifs is 2. The molecule has 84 heavy (non-hydrogen) atoms. The Balaban J connectivity index is 0.00000378. The Kier molecular flexibility index (Phi) is 24.0. The van der Waals surface area contributed by atoms with Gasteiger partial charge in [-0.05, 0) is 114 Å². The first kappa shape index (κ1) is 71.4. The Labute approximate surface area is 566 Å². The number of urea groups is 1. The monoisotopic (exact) mass is 1280 g/mol. The van der Waals surface area contributed by atoms with Crippen LogP contribution in [0.3, 0.4) is 0 Å². The van der Waals surface area contributed by atoms with Crippen LogP contribution >= 0.6 is 0 Å². The molecule has 0 radical (unpaired) electrons. The van der Waals surface area contributed by atoms with Crippen LogP contribution in [0.1, 0.15) is 21.5 Å². The first-order valence-electron chi connectivity index (χ1n) is 21.9. The first-order valence-corrected chi connectivity index (χ1v) is 29.0. The van der Waals surface area contributed by atoms with E-state index < -0.39 is 125 Å². The molecule has 0 atom stereocenters. The minimum atomic E-state index is -5.41. The molecule has 414 valence electrons. The molecule has 0 saturated carbocycles. The summed E-state index contributed by atoms with van der Waals surface area (Å²) in [6, 6.07) is 22.4. The molecule has 0 spiro atoms. The molecule has 1 aliphatic carbocycles. The average molecular weight is 1280 g/mol. The van der Waals surface area contributed by atoms with Gasteiger partial charge in [0, 0.05) is 41.2 Å². The number of benzene rings is 7. The van der Waals surface area contributed by atoms with Crippen LogP contribution < -0.4 is 149 Å². The fraction of sp³-hybridized carbons (Fsp3) is 0.0426. The number of hydrogen-bond donors (Lipinski definition) is 4. The number of nitrogens with zero attached hydrogens (tertiary/aromatic N) is 4. The number of nitro groups is 1. The van der Waals surface area contributed by atoms with E-state index in [4.69, 9.17) is 8.92 Å². The summed E-state index contributed by atoms with van der Waals surface area (Å²) in [5.41, 5.74) is 0.362. The van der Waals surface area contributed by atoms with Crippen molar-refractivity contribution in [1.29, 1.82) is 0 Å². The van der Waals surface area contributed by atoms with E-state index in [-0.39, 0.29) is 175 Å². The summed E-state index contributed by atoms with van der Waals surface area (Å²) >= 11 is 0. The van der Waals surface area contributed by atoms with Crippen LogP contribution in [0.2, 0.25) is 0 Å². The second kappa shape index (κ2) is 28.2. The van der Waals surface area contributed by atoms with Gasteiger partial charge in [0.1, 0.15) is 56.8 Å². The Morgan fingerprint density at radius 3 is 1.77 bits per heavy atom. The number of amides is 2. The van der Waals surface area contributed by atoms with Gasteiger partial charge < -0.3 is 43.1 Å². The molecular weight excluding hydrogens is 1250 g/mol. The van der Waals surface area contributed by atoms with E-state index in [0.717, 1.165) is 30.3 Å². The number of anilines is 5. The summed E-state index contributed by atoms with van der Waals surface area (Å²) in [5.74, 6) is -1.90. The molecule has 2 amide bonds. The van der Waals surface area contributed by atoms with E-state index in [2.05, 4.69) is 36.7 Å². The number of aryl methyl sites for hydroxylation is 1. The van der Waals surface area contributed by atoms with Crippen LogP contribution in [0.15, 0.2) is 167 Å². The molecule has 0 fully saturated rings. The van der Waals surface area contributed by atoms with Crippen molar-refractivity contribution in [3.8, 4) is 11.5 Å². The normalized spacial score (nSPS) is 13.0. The maximum Gasteiger partial charge on any atom is 1.00 e. The Morgan fingerprint density at radius 2 is 1.19 bits per heavy atom. The average Bonchev–Trinajstić information content (AvgIpc) is 3.56. The zero-order valence-electron chi connectivity index (χ0n) is 44.2. The summed E-state index contributed by atoms with van der Waals surface area (Å²) in [5, 5.41) is 30.0. The molecule has 1 aliphatic rings. The molecule has 8 rings (SSSR count). The quantitative estimate of drug-likeness (QED) is 0.0165. The SMILES string of the molecule is COc1cc(N=Nc2cc(S(=O)(=O)[O-])cc3cc(S(=O)(=O)[O-])cc(OS(=O)(=O)c4ccccc4)c23)c(C)cc1NC(=O)Nc1ccc2c(c1)C=C(S(=O)(=O)[O-])C(=NNc1ccc(Nc3ccc([N+](=O)[O-])cc3S(=O)(=O)[O-])cc1)C2=O.[Na+].[Na+].[Na+].[Na+]. The number of nitrogens with one attached hydrogen (secondary N) is 4. The van der Waals surface area contributed by atoms with E-state index in [1.165, 1.54) is 86.8 Å². The molecule has 4 N–H and O–H groups in total. The van der Waals surface area contributed by atoms with Crippen molar-refractivity contribution >= 4 is 130 Å². The summed E-state index contributed by atoms with van der Waals surface area (Å²) in [6.07, 6.45) is 0.856. The van der Waals surface area contributed by atoms with E-state index in [9.17, 15) is 80.0 Å². The van der Waals surface area contributed by atoms with Gasteiger partial charge in [0.05, 0.1) is 65.4 Å². The van der Waals surface area contributed by atoms with Gasteiger partial charge in [0.15, 0.2) is 5.75 Å². The number of rotatable bonds is 17.